The first-order valence-corrected chi connectivity index (χ1v) is 3.63. The molecule has 0 atom stereocenters. The number of rotatable bonds is 3. The lowest BCUT2D eigenvalue weighted by Crippen LogP contribution is -2.03. The highest BCUT2D eigenvalue weighted by Gasteiger charge is 2.28. The number of carbonyl (C=O) groups is 1. The van der Waals surface area contributed by atoms with Crippen molar-refractivity contribution < 1.29 is 4.79 Å². The highest BCUT2D eigenvalue weighted by Crippen LogP contribution is 2.30. The van der Waals surface area contributed by atoms with Crippen molar-refractivity contribution in [2.24, 2.45) is 5.92 Å². The smallest absolute Gasteiger partial charge is 0.140 e. The van der Waals surface area contributed by atoms with Gasteiger partial charge in [-0.05, 0) is 24.6 Å². The molecule has 0 N–H and O–H groups in total. The molecule has 0 aromatic carbocycles. The quantitative estimate of drug-likeness (QED) is 0.558. The summed E-state index contributed by atoms with van der Waals surface area (Å²) in [6, 6.07) is 0. The number of carbonyl (C=O) groups excluding carboxylic acids is 1. The molecular weight excluding hydrogens is 132 g/mol. The van der Waals surface area contributed by atoms with Gasteiger partial charge in [0, 0.05) is 12.3 Å². The van der Waals surface area contributed by atoms with E-state index in [1.807, 2.05) is 6.92 Å². The summed E-state index contributed by atoms with van der Waals surface area (Å²) in [4.78, 5) is 11.8. The van der Waals surface area contributed by atoms with Crippen molar-refractivity contribution in [1.29, 1.82) is 0 Å². The van der Waals surface area contributed by atoms with Gasteiger partial charge in [0.05, 0.1) is 0 Å². The Hall–Kier alpha value is -0.240. The molecule has 1 nitrogen and oxygen atoms in total. The Morgan fingerprint density at radius 1 is 1.67 bits per heavy atom. The summed E-state index contributed by atoms with van der Waals surface area (Å²) in [6.07, 6.45) is 2.73. The van der Waals surface area contributed by atoms with Crippen molar-refractivity contribution in [2.75, 3.05) is 0 Å². The molecular formula is C7H10OS. The standard InChI is InChI=1S/C7H10OS/c1-5(9)4-7(8)6-2-3-6/h6H,2-4H2,1H3. The molecule has 2 heteroatoms. The van der Waals surface area contributed by atoms with Crippen LogP contribution >= 0.6 is 12.2 Å². The first-order chi connectivity index (χ1) is 4.20. The van der Waals surface area contributed by atoms with Crippen molar-refractivity contribution in [2.45, 2.75) is 26.2 Å². The predicted octanol–water partition coefficient (Wildman–Crippen LogP) is 1.75. The summed E-state index contributed by atoms with van der Waals surface area (Å²) < 4.78 is 0. The van der Waals surface area contributed by atoms with Gasteiger partial charge in [-0.25, -0.2) is 0 Å². The molecule has 1 fully saturated rings. The molecule has 1 aliphatic carbocycles. The van der Waals surface area contributed by atoms with Crippen LogP contribution in [0.25, 0.3) is 0 Å². The minimum atomic E-state index is 0.350. The maximum Gasteiger partial charge on any atom is 0.140 e. The third kappa shape index (κ3) is 2.22. The first-order valence-electron chi connectivity index (χ1n) is 3.22. The van der Waals surface area contributed by atoms with Crippen LogP contribution in [0.1, 0.15) is 26.2 Å². The Morgan fingerprint density at radius 3 is 2.56 bits per heavy atom. The maximum absolute atomic E-state index is 10.9. The van der Waals surface area contributed by atoms with Gasteiger partial charge in [0.1, 0.15) is 5.78 Å². The third-order valence-corrected chi connectivity index (χ3v) is 1.60. The fourth-order valence-electron chi connectivity index (χ4n) is 0.795. The summed E-state index contributed by atoms with van der Waals surface area (Å²) in [7, 11) is 0. The van der Waals surface area contributed by atoms with E-state index in [9.17, 15) is 4.79 Å². The van der Waals surface area contributed by atoms with Gasteiger partial charge < -0.3 is 0 Å². The van der Waals surface area contributed by atoms with Gasteiger partial charge in [0.2, 0.25) is 0 Å². The van der Waals surface area contributed by atoms with Crippen LogP contribution in [-0.2, 0) is 4.79 Å². The Labute approximate surface area is 60.4 Å². The average Bonchev–Trinajstić information content (AvgIpc) is 2.40. The molecule has 1 aliphatic rings. The number of thiocarbonyl (C=S) groups is 1. The molecule has 50 valence electrons. The molecule has 0 spiro atoms. The molecule has 9 heavy (non-hydrogen) atoms. The van der Waals surface area contributed by atoms with Crippen LogP contribution in [0.15, 0.2) is 0 Å². The lowest BCUT2D eigenvalue weighted by atomic mass is 10.2. The van der Waals surface area contributed by atoms with E-state index in [1.165, 1.54) is 0 Å². The van der Waals surface area contributed by atoms with Crippen LogP contribution in [0.3, 0.4) is 0 Å². The molecule has 0 bridgehead atoms. The molecule has 1 rings (SSSR count). The van der Waals surface area contributed by atoms with Crippen molar-refractivity contribution >= 4 is 22.9 Å². The zero-order valence-electron chi connectivity index (χ0n) is 5.52. The molecule has 0 saturated heterocycles. The topological polar surface area (TPSA) is 17.1 Å². The maximum atomic E-state index is 10.9. The van der Waals surface area contributed by atoms with E-state index >= 15 is 0 Å². The van der Waals surface area contributed by atoms with Gasteiger partial charge in [-0.15, -0.1) is 0 Å². The second-order valence-corrected chi connectivity index (χ2v) is 3.32. The number of hydrogen-bond acceptors (Lipinski definition) is 2. The van der Waals surface area contributed by atoms with Gasteiger partial charge in [-0.3, -0.25) is 4.79 Å². The third-order valence-electron chi connectivity index (χ3n) is 1.46. The van der Waals surface area contributed by atoms with Gasteiger partial charge in [-0.1, -0.05) is 12.2 Å². The molecule has 0 aliphatic heterocycles. The number of Topliss-reactive ketones (excluding diaryl/α,β-unsaturated/α-hetero) is 1. The van der Waals surface area contributed by atoms with Crippen LogP contribution in [-0.4, -0.2) is 10.6 Å². The second kappa shape index (κ2) is 2.56. The summed E-state index contributed by atoms with van der Waals surface area (Å²) in [5.41, 5.74) is 0. The summed E-state index contributed by atoms with van der Waals surface area (Å²) in [6.45, 7) is 1.83. The van der Waals surface area contributed by atoms with Crippen LogP contribution < -0.4 is 0 Å². The minimum absolute atomic E-state index is 0.350. The van der Waals surface area contributed by atoms with Crippen LogP contribution in [0.4, 0.5) is 0 Å². The summed E-state index contributed by atoms with van der Waals surface area (Å²) in [5, 5.41) is 0. The van der Waals surface area contributed by atoms with Gasteiger partial charge in [-0.2, -0.15) is 0 Å². The normalized spacial score (nSPS) is 17.4. The monoisotopic (exact) mass is 142 g/mol. The summed E-state index contributed by atoms with van der Waals surface area (Å²) in [5.74, 6) is 0.727. The fourth-order valence-corrected chi connectivity index (χ4v) is 0.937. The van der Waals surface area contributed by atoms with E-state index in [2.05, 4.69) is 0 Å². The largest absolute Gasteiger partial charge is 0.299 e. The zero-order valence-corrected chi connectivity index (χ0v) is 6.33. The van der Waals surface area contributed by atoms with Gasteiger partial charge >= 0.3 is 0 Å². The van der Waals surface area contributed by atoms with Crippen LogP contribution in [0.5, 0.6) is 0 Å². The Bertz CT molecular complexity index is 147. The van der Waals surface area contributed by atoms with E-state index in [0.29, 0.717) is 18.1 Å². The van der Waals surface area contributed by atoms with E-state index in [1.54, 1.807) is 0 Å². The molecule has 1 saturated carbocycles. The minimum Gasteiger partial charge on any atom is -0.299 e. The Morgan fingerprint density at radius 2 is 2.22 bits per heavy atom. The van der Waals surface area contributed by atoms with Crippen molar-refractivity contribution in [1.82, 2.24) is 0 Å². The van der Waals surface area contributed by atoms with E-state index in [0.717, 1.165) is 17.7 Å². The molecule has 0 unspecified atom stereocenters. The van der Waals surface area contributed by atoms with Crippen LogP contribution in [0.2, 0.25) is 0 Å². The highest BCUT2D eigenvalue weighted by molar-refractivity contribution is 7.80. The van der Waals surface area contributed by atoms with Crippen molar-refractivity contribution in [3.05, 3.63) is 0 Å². The highest BCUT2D eigenvalue weighted by atomic mass is 32.1. The van der Waals surface area contributed by atoms with Crippen molar-refractivity contribution in [3.63, 3.8) is 0 Å². The molecule has 0 heterocycles. The molecule has 0 aromatic heterocycles. The van der Waals surface area contributed by atoms with Crippen LogP contribution in [0, 0.1) is 5.92 Å². The van der Waals surface area contributed by atoms with Crippen molar-refractivity contribution in [3.8, 4) is 0 Å². The number of ketones is 1. The average molecular weight is 142 g/mol. The molecule has 0 radical (unpaired) electrons. The summed E-state index contributed by atoms with van der Waals surface area (Å²) >= 11 is 4.80. The van der Waals surface area contributed by atoms with Gasteiger partial charge in [0.15, 0.2) is 0 Å². The Balaban J connectivity index is 2.26. The van der Waals surface area contributed by atoms with E-state index in [4.69, 9.17) is 12.2 Å². The van der Waals surface area contributed by atoms with E-state index in [-0.39, 0.29) is 0 Å². The lowest BCUT2D eigenvalue weighted by Gasteiger charge is -1.92. The Kier molecular flexibility index (Phi) is 1.96. The molecule has 0 amide bonds. The fraction of sp³-hybridized carbons (Fsp3) is 0.714. The zero-order chi connectivity index (χ0) is 6.85. The first kappa shape index (κ1) is 6.87. The number of hydrogen-bond donors (Lipinski definition) is 0. The van der Waals surface area contributed by atoms with Gasteiger partial charge in [0.25, 0.3) is 0 Å². The molecule has 0 aromatic rings. The lowest BCUT2D eigenvalue weighted by molar-refractivity contribution is -0.119. The SMILES string of the molecule is CC(=S)CC(=O)C1CC1. The second-order valence-electron chi connectivity index (χ2n) is 2.62. The van der Waals surface area contributed by atoms with E-state index < -0.39 is 0 Å². The predicted molar refractivity (Wildman–Crippen MR) is 40.6 cm³/mol.